The molecule has 3 nitrogen and oxygen atoms in total. The van der Waals surface area contributed by atoms with Gasteiger partial charge in [-0.15, -0.1) is 0 Å². The summed E-state index contributed by atoms with van der Waals surface area (Å²) >= 11 is 0. The summed E-state index contributed by atoms with van der Waals surface area (Å²) in [7, 11) is 2.09. The largest absolute Gasteiger partial charge is 0.317 e. The molecule has 2 rings (SSSR count). The van der Waals surface area contributed by atoms with E-state index in [1.165, 1.54) is 37.1 Å². The summed E-state index contributed by atoms with van der Waals surface area (Å²) in [6.45, 7) is 5.33. The number of aryl methyl sites for hydroxylation is 2. The SMILES string of the molecule is CCc1cc(CC(CC2CCC2)NC)n(CC)n1. The van der Waals surface area contributed by atoms with E-state index in [1.807, 2.05) is 0 Å². The van der Waals surface area contributed by atoms with Crippen LogP contribution >= 0.6 is 0 Å². The van der Waals surface area contributed by atoms with Gasteiger partial charge in [-0.05, 0) is 38.8 Å². The van der Waals surface area contributed by atoms with E-state index in [1.54, 1.807) is 0 Å². The Labute approximate surface area is 111 Å². The second-order valence-electron chi connectivity index (χ2n) is 5.52. The fourth-order valence-corrected chi connectivity index (χ4v) is 2.81. The summed E-state index contributed by atoms with van der Waals surface area (Å²) in [5.41, 5.74) is 2.62. The Morgan fingerprint density at radius 1 is 1.44 bits per heavy atom. The van der Waals surface area contributed by atoms with E-state index in [0.29, 0.717) is 6.04 Å². The lowest BCUT2D eigenvalue weighted by Crippen LogP contribution is -2.32. The maximum absolute atomic E-state index is 4.64. The van der Waals surface area contributed by atoms with Gasteiger partial charge in [-0.2, -0.15) is 5.10 Å². The molecule has 102 valence electrons. The first-order chi connectivity index (χ1) is 8.76. The second kappa shape index (κ2) is 6.37. The third-order valence-corrected chi connectivity index (χ3v) is 4.28. The van der Waals surface area contributed by atoms with Crippen LogP contribution in [-0.2, 0) is 19.4 Å². The van der Waals surface area contributed by atoms with Crippen LogP contribution in [0.2, 0.25) is 0 Å². The molecule has 1 aromatic heterocycles. The van der Waals surface area contributed by atoms with Crippen molar-refractivity contribution >= 4 is 0 Å². The van der Waals surface area contributed by atoms with Crippen LogP contribution in [0.4, 0.5) is 0 Å². The molecule has 1 atom stereocenters. The molecule has 1 unspecified atom stereocenters. The highest BCUT2D eigenvalue weighted by Crippen LogP contribution is 2.31. The number of hydrogen-bond acceptors (Lipinski definition) is 2. The molecule has 1 heterocycles. The normalized spacial score (nSPS) is 17.7. The molecule has 0 saturated heterocycles. The van der Waals surface area contributed by atoms with E-state index in [0.717, 1.165) is 25.3 Å². The molecule has 1 aliphatic carbocycles. The average molecular weight is 249 g/mol. The monoisotopic (exact) mass is 249 g/mol. The smallest absolute Gasteiger partial charge is 0.0624 e. The molecular formula is C15H27N3. The summed E-state index contributed by atoms with van der Waals surface area (Å²) in [4.78, 5) is 0. The zero-order valence-electron chi connectivity index (χ0n) is 12.1. The van der Waals surface area contributed by atoms with E-state index < -0.39 is 0 Å². The molecule has 0 amide bonds. The van der Waals surface area contributed by atoms with Crippen LogP contribution in [0.1, 0.15) is 50.9 Å². The number of rotatable bonds is 7. The maximum Gasteiger partial charge on any atom is 0.0624 e. The third kappa shape index (κ3) is 3.14. The zero-order chi connectivity index (χ0) is 13.0. The van der Waals surface area contributed by atoms with Crippen molar-refractivity contribution in [3.05, 3.63) is 17.5 Å². The lowest BCUT2D eigenvalue weighted by Gasteiger charge is -2.29. The van der Waals surface area contributed by atoms with Crippen molar-refractivity contribution in [2.75, 3.05) is 7.05 Å². The van der Waals surface area contributed by atoms with Gasteiger partial charge in [0, 0.05) is 24.7 Å². The molecule has 0 aromatic carbocycles. The molecule has 3 heteroatoms. The quantitative estimate of drug-likeness (QED) is 0.805. The van der Waals surface area contributed by atoms with Crippen molar-refractivity contribution in [1.82, 2.24) is 15.1 Å². The van der Waals surface area contributed by atoms with E-state index in [9.17, 15) is 0 Å². The summed E-state index contributed by atoms with van der Waals surface area (Å²) in [6, 6.07) is 2.90. The second-order valence-corrected chi connectivity index (χ2v) is 5.52. The third-order valence-electron chi connectivity index (χ3n) is 4.28. The van der Waals surface area contributed by atoms with E-state index in [4.69, 9.17) is 0 Å². The molecule has 18 heavy (non-hydrogen) atoms. The summed E-state index contributed by atoms with van der Waals surface area (Å²) in [5.74, 6) is 0.964. The van der Waals surface area contributed by atoms with Crippen LogP contribution < -0.4 is 5.32 Å². The molecule has 1 saturated carbocycles. The Hall–Kier alpha value is -0.830. The van der Waals surface area contributed by atoms with Crippen molar-refractivity contribution in [2.45, 2.75) is 65.0 Å². The fourth-order valence-electron chi connectivity index (χ4n) is 2.81. The van der Waals surface area contributed by atoms with Gasteiger partial charge in [0.05, 0.1) is 5.69 Å². The Balaban J connectivity index is 1.98. The van der Waals surface area contributed by atoms with E-state index >= 15 is 0 Å². The maximum atomic E-state index is 4.64. The van der Waals surface area contributed by atoms with Crippen molar-refractivity contribution in [2.24, 2.45) is 5.92 Å². The van der Waals surface area contributed by atoms with Gasteiger partial charge in [-0.1, -0.05) is 26.2 Å². The fraction of sp³-hybridized carbons (Fsp3) is 0.800. The minimum atomic E-state index is 0.613. The minimum absolute atomic E-state index is 0.613. The first-order valence-corrected chi connectivity index (χ1v) is 7.49. The highest BCUT2D eigenvalue weighted by atomic mass is 15.3. The first-order valence-electron chi connectivity index (χ1n) is 7.49. The van der Waals surface area contributed by atoms with Crippen molar-refractivity contribution < 1.29 is 0 Å². The predicted molar refractivity (Wildman–Crippen MR) is 75.8 cm³/mol. The first kappa shape index (κ1) is 13.6. The summed E-state index contributed by atoms with van der Waals surface area (Å²) in [5, 5.41) is 8.12. The highest BCUT2D eigenvalue weighted by molar-refractivity contribution is 5.12. The van der Waals surface area contributed by atoms with Gasteiger partial charge in [0.2, 0.25) is 0 Å². The van der Waals surface area contributed by atoms with Crippen LogP contribution in [0, 0.1) is 5.92 Å². The highest BCUT2D eigenvalue weighted by Gasteiger charge is 2.22. The van der Waals surface area contributed by atoms with E-state index in [2.05, 4.69) is 42.1 Å². The van der Waals surface area contributed by atoms with Crippen molar-refractivity contribution in [3.63, 3.8) is 0 Å². The standard InChI is InChI=1S/C15H27N3/c1-4-13-10-15(18(5-2)17-13)11-14(16-3)9-12-7-6-8-12/h10,12,14,16H,4-9,11H2,1-3H3. The minimum Gasteiger partial charge on any atom is -0.317 e. The molecule has 0 spiro atoms. The zero-order valence-corrected chi connectivity index (χ0v) is 12.1. The summed E-state index contributed by atoms with van der Waals surface area (Å²) < 4.78 is 2.17. The number of nitrogens with zero attached hydrogens (tertiary/aromatic N) is 2. The summed E-state index contributed by atoms with van der Waals surface area (Å²) in [6.07, 6.45) is 7.79. The molecule has 1 fully saturated rings. The van der Waals surface area contributed by atoms with Crippen LogP contribution in [0.15, 0.2) is 6.07 Å². The molecule has 0 radical (unpaired) electrons. The topological polar surface area (TPSA) is 29.9 Å². The van der Waals surface area contributed by atoms with Gasteiger partial charge in [0.15, 0.2) is 0 Å². The molecule has 1 aliphatic rings. The molecule has 0 bridgehead atoms. The van der Waals surface area contributed by atoms with Crippen LogP contribution in [0.5, 0.6) is 0 Å². The van der Waals surface area contributed by atoms with Crippen LogP contribution in [0.3, 0.4) is 0 Å². The van der Waals surface area contributed by atoms with Gasteiger partial charge in [0.1, 0.15) is 0 Å². The molecule has 1 N–H and O–H groups in total. The number of likely N-dealkylation sites (N-methyl/N-ethyl adjacent to an activating group) is 1. The Morgan fingerprint density at radius 2 is 2.22 bits per heavy atom. The van der Waals surface area contributed by atoms with Gasteiger partial charge >= 0.3 is 0 Å². The van der Waals surface area contributed by atoms with E-state index in [-0.39, 0.29) is 0 Å². The molecular weight excluding hydrogens is 222 g/mol. The lowest BCUT2D eigenvalue weighted by molar-refractivity contribution is 0.262. The molecule has 1 aromatic rings. The van der Waals surface area contributed by atoms with Crippen LogP contribution in [-0.4, -0.2) is 22.9 Å². The average Bonchev–Trinajstić information content (AvgIpc) is 2.74. The number of nitrogens with one attached hydrogen (secondary N) is 1. The Bertz CT molecular complexity index is 366. The van der Waals surface area contributed by atoms with Crippen molar-refractivity contribution in [1.29, 1.82) is 0 Å². The van der Waals surface area contributed by atoms with Crippen LogP contribution in [0.25, 0.3) is 0 Å². The number of aromatic nitrogens is 2. The lowest BCUT2D eigenvalue weighted by atomic mass is 9.80. The molecule has 0 aliphatic heterocycles. The van der Waals surface area contributed by atoms with Gasteiger partial charge in [-0.3, -0.25) is 4.68 Å². The number of hydrogen-bond donors (Lipinski definition) is 1. The van der Waals surface area contributed by atoms with Gasteiger partial charge < -0.3 is 5.32 Å². The predicted octanol–water partition coefficient (Wildman–Crippen LogP) is 2.79. The van der Waals surface area contributed by atoms with Gasteiger partial charge in [0.25, 0.3) is 0 Å². The van der Waals surface area contributed by atoms with Crippen molar-refractivity contribution in [3.8, 4) is 0 Å². The Kier molecular flexibility index (Phi) is 4.81. The Morgan fingerprint density at radius 3 is 2.72 bits per heavy atom. The van der Waals surface area contributed by atoms with Gasteiger partial charge in [-0.25, -0.2) is 0 Å².